The van der Waals surface area contributed by atoms with Crippen molar-refractivity contribution in [1.29, 1.82) is 0 Å². The van der Waals surface area contributed by atoms with Gasteiger partial charge in [0.15, 0.2) is 0 Å². The maximum atomic E-state index is 14.1. The van der Waals surface area contributed by atoms with Crippen LogP contribution in [0.5, 0.6) is 0 Å². The molecular formula is C16H16Br2FN. The molecule has 0 saturated heterocycles. The second-order valence-corrected chi connectivity index (χ2v) is 6.34. The van der Waals surface area contributed by atoms with Crippen LogP contribution in [0.2, 0.25) is 0 Å². The van der Waals surface area contributed by atoms with Crippen molar-refractivity contribution in [3.05, 3.63) is 67.9 Å². The molecule has 1 nitrogen and oxygen atoms in total. The van der Waals surface area contributed by atoms with Crippen LogP contribution in [-0.2, 0) is 0 Å². The first-order valence-electron chi connectivity index (χ1n) is 6.48. The second-order valence-electron chi connectivity index (χ2n) is 4.64. The minimum atomic E-state index is -0.193. The van der Waals surface area contributed by atoms with Crippen LogP contribution in [0, 0.1) is 12.7 Å². The van der Waals surface area contributed by atoms with Crippen molar-refractivity contribution >= 4 is 31.9 Å². The molecule has 1 atom stereocenters. The highest BCUT2D eigenvalue weighted by molar-refractivity contribution is 9.11. The summed E-state index contributed by atoms with van der Waals surface area (Å²) in [4.78, 5) is 0. The molecule has 0 aromatic heterocycles. The molecule has 20 heavy (non-hydrogen) atoms. The van der Waals surface area contributed by atoms with E-state index in [1.807, 2.05) is 38.1 Å². The summed E-state index contributed by atoms with van der Waals surface area (Å²) in [6.07, 6.45) is 0. The molecule has 0 spiro atoms. The number of benzene rings is 2. The predicted octanol–water partition coefficient (Wildman–Crippen LogP) is 5.36. The van der Waals surface area contributed by atoms with Gasteiger partial charge in [0.05, 0.1) is 6.04 Å². The monoisotopic (exact) mass is 399 g/mol. The Morgan fingerprint density at radius 3 is 2.45 bits per heavy atom. The Bertz CT molecular complexity index is 613. The zero-order valence-corrected chi connectivity index (χ0v) is 14.6. The Kier molecular flexibility index (Phi) is 5.35. The zero-order chi connectivity index (χ0) is 14.7. The molecule has 0 fully saturated rings. The van der Waals surface area contributed by atoms with E-state index in [-0.39, 0.29) is 11.9 Å². The summed E-state index contributed by atoms with van der Waals surface area (Å²) in [6, 6.07) is 10.8. The molecule has 2 aromatic rings. The Morgan fingerprint density at radius 2 is 1.80 bits per heavy atom. The topological polar surface area (TPSA) is 12.0 Å². The molecule has 0 aliphatic heterocycles. The third-order valence-electron chi connectivity index (χ3n) is 3.21. The van der Waals surface area contributed by atoms with Gasteiger partial charge in [-0.2, -0.15) is 0 Å². The molecule has 0 aliphatic carbocycles. The SMILES string of the molecule is CCNC(c1ccccc1F)c1cc(Br)c(C)cc1Br. The standard InChI is InChI=1S/C16H16Br2FN/c1-3-20-16(11-6-4-5-7-15(11)19)12-9-13(17)10(2)8-14(12)18/h4-9,16,20H,3H2,1-2H3. The lowest BCUT2D eigenvalue weighted by molar-refractivity contribution is 0.558. The highest BCUT2D eigenvalue weighted by Crippen LogP contribution is 2.33. The summed E-state index contributed by atoms with van der Waals surface area (Å²) < 4.78 is 16.1. The van der Waals surface area contributed by atoms with Crippen LogP contribution >= 0.6 is 31.9 Å². The Balaban J connectivity index is 2.54. The lowest BCUT2D eigenvalue weighted by Crippen LogP contribution is -2.23. The van der Waals surface area contributed by atoms with Crippen molar-refractivity contribution < 1.29 is 4.39 Å². The minimum absolute atomic E-state index is 0.174. The second kappa shape index (κ2) is 6.83. The molecule has 0 bridgehead atoms. The largest absolute Gasteiger partial charge is 0.306 e. The molecule has 106 valence electrons. The molecule has 1 unspecified atom stereocenters. The number of halogens is 3. The maximum Gasteiger partial charge on any atom is 0.128 e. The summed E-state index contributed by atoms with van der Waals surface area (Å²) >= 11 is 7.14. The highest BCUT2D eigenvalue weighted by atomic mass is 79.9. The van der Waals surface area contributed by atoms with Gasteiger partial charge in [-0.15, -0.1) is 0 Å². The molecule has 0 aliphatic rings. The van der Waals surface area contributed by atoms with Gasteiger partial charge in [-0.3, -0.25) is 0 Å². The predicted molar refractivity (Wildman–Crippen MR) is 88.5 cm³/mol. The highest BCUT2D eigenvalue weighted by Gasteiger charge is 2.19. The van der Waals surface area contributed by atoms with Crippen molar-refractivity contribution in [3.8, 4) is 0 Å². The Hall–Kier alpha value is -0.710. The quantitative estimate of drug-likeness (QED) is 0.728. The van der Waals surface area contributed by atoms with E-state index in [2.05, 4.69) is 37.2 Å². The number of nitrogens with one attached hydrogen (secondary N) is 1. The Morgan fingerprint density at radius 1 is 1.10 bits per heavy atom. The van der Waals surface area contributed by atoms with Gasteiger partial charge in [0, 0.05) is 14.5 Å². The average Bonchev–Trinajstić information content (AvgIpc) is 2.42. The lowest BCUT2D eigenvalue weighted by Gasteiger charge is -2.21. The van der Waals surface area contributed by atoms with Crippen LogP contribution in [0.15, 0.2) is 45.3 Å². The molecule has 4 heteroatoms. The van der Waals surface area contributed by atoms with E-state index in [9.17, 15) is 4.39 Å². The fourth-order valence-electron chi connectivity index (χ4n) is 2.18. The van der Waals surface area contributed by atoms with E-state index in [1.54, 1.807) is 6.07 Å². The van der Waals surface area contributed by atoms with Crippen molar-refractivity contribution in [2.75, 3.05) is 6.54 Å². The number of rotatable bonds is 4. The fourth-order valence-corrected chi connectivity index (χ4v) is 3.23. The van der Waals surface area contributed by atoms with E-state index >= 15 is 0 Å². The molecule has 0 saturated carbocycles. The summed E-state index contributed by atoms with van der Waals surface area (Å²) in [5.74, 6) is -0.193. The molecule has 0 heterocycles. The van der Waals surface area contributed by atoms with Gasteiger partial charge >= 0.3 is 0 Å². The summed E-state index contributed by atoms with van der Waals surface area (Å²) in [5.41, 5.74) is 2.82. The first kappa shape index (κ1) is 15.7. The third kappa shape index (κ3) is 3.30. The number of aryl methyl sites for hydroxylation is 1. The molecule has 2 rings (SSSR count). The normalized spacial score (nSPS) is 12.4. The summed E-state index contributed by atoms with van der Waals surface area (Å²) in [6.45, 7) is 4.81. The van der Waals surface area contributed by atoms with Gasteiger partial charge < -0.3 is 5.32 Å². The third-order valence-corrected chi connectivity index (χ3v) is 4.75. The Labute approximate surface area is 135 Å². The minimum Gasteiger partial charge on any atom is -0.306 e. The summed E-state index contributed by atoms with van der Waals surface area (Å²) in [5, 5.41) is 3.35. The zero-order valence-electron chi connectivity index (χ0n) is 11.4. The van der Waals surface area contributed by atoms with E-state index in [4.69, 9.17) is 0 Å². The van der Waals surface area contributed by atoms with Gasteiger partial charge in [0.2, 0.25) is 0 Å². The lowest BCUT2D eigenvalue weighted by atomic mass is 9.97. The van der Waals surface area contributed by atoms with Crippen molar-refractivity contribution in [2.45, 2.75) is 19.9 Å². The smallest absolute Gasteiger partial charge is 0.128 e. The van der Waals surface area contributed by atoms with Gasteiger partial charge in [-0.25, -0.2) is 4.39 Å². The number of hydrogen-bond donors (Lipinski definition) is 1. The van der Waals surface area contributed by atoms with E-state index in [0.717, 1.165) is 26.6 Å². The molecule has 2 aromatic carbocycles. The first-order valence-corrected chi connectivity index (χ1v) is 8.06. The maximum absolute atomic E-state index is 14.1. The molecule has 0 amide bonds. The van der Waals surface area contributed by atoms with Crippen LogP contribution in [0.3, 0.4) is 0 Å². The van der Waals surface area contributed by atoms with Crippen LogP contribution in [0.4, 0.5) is 4.39 Å². The van der Waals surface area contributed by atoms with Crippen molar-refractivity contribution in [2.24, 2.45) is 0 Å². The molecular weight excluding hydrogens is 385 g/mol. The van der Waals surface area contributed by atoms with Crippen molar-refractivity contribution in [1.82, 2.24) is 5.32 Å². The van der Waals surface area contributed by atoms with Gasteiger partial charge in [0.25, 0.3) is 0 Å². The number of hydrogen-bond acceptors (Lipinski definition) is 1. The molecule has 1 N–H and O–H groups in total. The average molecular weight is 401 g/mol. The van der Waals surface area contributed by atoms with Crippen LogP contribution in [-0.4, -0.2) is 6.54 Å². The van der Waals surface area contributed by atoms with E-state index < -0.39 is 0 Å². The van der Waals surface area contributed by atoms with Crippen LogP contribution < -0.4 is 5.32 Å². The van der Waals surface area contributed by atoms with E-state index in [1.165, 1.54) is 6.07 Å². The first-order chi connectivity index (χ1) is 9.54. The molecule has 0 radical (unpaired) electrons. The summed E-state index contributed by atoms with van der Waals surface area (Å²) in [7, 11) is 0. The van der Waals surface area contributed by atoms with E-state index in [0.29, 0.717) is 5.56 Å². The van der Waals surface area contributed by atoms with Crippen LogP contribution in [0.1, 0.15) is 29.7 Å². The van der Waals surface area contributed by atoms with Crippen molar-refractivity contribution in [3.63, 3.8) is 0 Å². The van der Waals surface area contributed by atoms with Gasteiger partial charge in [0.1, 0.15) is 5.82 Å². The van der Waals surface area contributed by atoms with Gasteiger partial charge in [-0.05, 0) is 42.8 Å². The fraction of sp³-hybridized carbons (Fsp3) is 0.250. The van der Waals surface area contributed by atoms with Gasteiger partial charge in [-0.1, -0.05) is 57.0 Å². The van der Waals surface area contributed by atoms with Crippen LogP contribution in [0.25, 0.3) is 0 Å².